The maximum absolute atomic E-state index is 12.9. The first-order valence-corrected chi connectivity index (χ1v) is 34.8. The first-order valence-electron chi connectivity index (χ1n) is 31.8. The number of carbonyl (C=O) groups excluding carboxylic acids is 4. The number of ether oxygens (including phenoxy) is 4. The van der Waals surface area contributed by atoms with Crippen LogP contribution in [0.4, 0.5) is 0 Å². The summed E-state index contributed by atoms with van der Waals surface area (Å²) in [4.78, 5) is 72.0. The van der Waals surface area contributed by atoms with Crippen LogP contribution in [0.25, 0.3) is 0 Å². The predicted molar refractivity (Wildman–Crippen MR) is 317 cm³/mol. The lowest BCUT2D eigenvalue weighted by molar-refractivity contribution is -0.161. The molecule has 0 aromatic heterocycles. The Morgan fingerprint density at radius 2 is 0.600 bits per heavy atom. The number of phosphoric acid groups is 2. The maximum Gasteiger partial charge on any atom is 0.472 e. The molecular weight excluding hydrogens is 1070 g/mol. The van der Waals surface area contributed by atoms with Crippen molar-refractivity contribution in [1.82, 2.24) is 0 Å². The van der Waals surface area contributed by atoms with Gasteiger partial charge in [-0.15, -0.1) is 0 Å². The summed E-state index contributed by atoms with van der Waals surface area (Å²) in [6, 6.07) is 0. The molecule has 6 atom stereocenters. The molecule has 0 spiro atoms. The first-order chi connectivity index (χ1) is 38.2. The Balaban J connectivity index is 5.26. The summed E-state index contributed by atoms with van der Waals surface area (Å²) in [7, 11) is -9.88. The number of aliphatic hydroxyl groups excluding tert-OH is 1. The predicted octanol–water partition coefficient (Wildman–Crippen LogP) is 16.2. The Hall–Kier alpha value is -1.94. The van der Waals surface area contributed by atoms with Gasteiger partial charge in [-0.1, -0.05) is 235 Å². The van der Waals surface area contributed by atoms with Gasteiger partial charge in [0.15, 0.2) is 12.2 Å². The molecule has 0 aliphatic rings. The summed E-state index contributed by atoms with van der Waals surface area (Å²) in [5.41, 5.74) is 0. The number of hydrogen-bond donors (Lipinski definition) is 3. The van der Waals surface area contributed by atoms with E-state index in [1.165, 1.54) is 77.0 Å². The van der Waals surface area contributed by atoms with Crippen molar-refractivity contribution < 1.29 is 80.2 Å². The number of carbonyl (C=O) groups is 4. The smallest absolute Gasteiger partial charge is 0.462 e. The SMILES string of the molecule is CCC(C)CCCCCCCCC(=O)OC[C@H](COP(=O)(O)OCC(O)COP(=O)(O)OC[C@@H](COC(=O)CCCCCCCCC(C)CC)OC(=O)CCCCCCCCCC(C)C)OC(=O)CCCCCCCCCC(C)C. The molecule has 3 N–H and O–H groups in total. The number of unbranched alkanes of at least 4 members (excludes halogenated alkanes) is 22. The zero-order valence-corrected chi connectivity index (χ0v) is 53.5. The van der Waals surface area contributed by atoms with Gasteiger partial charge >= 0.3 is 39.5 Å². The number of hydrogen-bond acceptors (Lipinski definition) is 15. The summed E-state index contributed by atoms with van der Waals surface area (Å²) < 4.78 is 67.8. The van der Waals surface area contributed by atoms with Gasteiger partial charge in [0.2, 0.25) is 0 Å². The Morgan fingerprint density at radius 1 is 0.350 bits per heavy atom. The lowest BCUT2D eigenvalue weighted by Crippen LogP contribution is -2.30. The van der Waals surface area contributed by atoms with Gasteiger partial charge in [0.05, 0.1) is 26.4 Å². The van der Waals surface area contributed by atoms with Gasteiger partial charge < -0.3 is 33.8 Å². The lowest BCUT2D eigenvalue weighted by Gasteiger charge is -2.21. The van der Waals surface area contributed by atoms with Crippen molar-refractivity contribution in [3.63, 3.8) is 0 Å². The third-order valence-corrected chi connectivity index (χ3v) is 16.4. The Labute approximate surface area is 486 Å². The van der Waals surface area contributed by atoms with E-state index in [9.17, 15) is 43.2 Å². The molecule has 0 aliphatic heterocycles. The van der Waals surface area contributed by atoms with Crippen LogP contribution in [0.3, 0.4) is 0 Å². The molecule has 4 unspecified atom stereocenters. The van der Waals surface area contributed by atoms with E-state index in [0.29, 0.717) is 37.5 Å². The summed E-state index contributed by atoms with van der Waals surface area (Å²) in [6.45, 7) is 13.9. The van der Waals surface area contributed by atoms with Gasteiger partial charge in [-0.25, -0.2) is 9.13 Å². The first kappa shape index (κ1) is 78.1. The van der Waals surface area contributed by atoms with Crippen molar-refractivity contribution in [2.45, 2.75) is 305 Å². The summed E-state index contributed by atoms with van der Waals surface area (Å²) in [5, 5.41) is 10.5. The fourth-order valence-corrected chi connectivity index (χ4v) is 10.4. The largest absolute Gasteiger partial charge is 0.472 e. The minimum atomic E-state index is -4.94. The second-order valence-electron chi connectivity index (χ2n) is 23.5. The number of rotatable bonds is 58. The summed E-state index contributed by atoms with van der Waals surface area (Å²) in [6.07, 6.45) is 29.6. The van der Waals surface area contributed by atoms with Crippen LogP contribution in [-0.2, 0) is 65.4 Å². The number of esters is 4. The van der Waals surface area contributed by atoms with Gasteiger partial charge in [0, 0.05) is 25.7 Å². The molecule has 0 radical (unpaired) electrons. The lowest BCUT2D eigenvalue weighted by atomic mass is 10.00. The molecule has 0 aliphatic carbocycles. The van der Waals surface area contributed by atoms with Crippen LogP contribution >= 0.6 is 15.6 Å². The van der Waals surface area contributed by atoms with Gasteiger partial charge in [-0.3, -0.25) is 37.3 Å². The topological polar surface area (TPSA) is 237 Å². The number of aliphatic hydroxyl groups is 1. The number of phosphoric ester groups is 2. The van der Waals surface area contributed by atoms with E-state index in [-0.39, 0.29) is 25.7 Å². The Kier molecular flexibility index (Phi) is 50.2. The summed E-state index contributed by atoms with van der Waals surface area (Å²) in [5.74, 6) is 0.705. The molecule has 80 heavy (non-hydrogen) atoms. The van der Waals surface area contributed by atoms with Gasteiger partial charge in [0.1, 0.15) is 19.3 Å². The molecule has 0 amide bonds. The molecule has 0 aromatic carbocycles. The van der Waals surface area contributed by atoms with Crippen LogP contribution in [0.5, 0.6) is 0 Å². The van der Waals surface area contributed by atoms with Gasteiger partial charge in [0.25, 0.3) is 0 Å². The second-order valence-corrected chi connectivity index (χ2v) is 26.4. The highest BCUT2D eigenvalue weighted by Crippen LogP contribution is 2.45. The average molecular weight is 1190 g/mol. The van der Waals surface area contributed by atoms with Crippen molar-refractivity contribution in [2.24, 2.45) is 23.7 Å². The van der Waals surface area contributed by atoms with Crippen molar-refractivity contribution in [1.29, 1.82) is 0 Å². The van der Waals surface area contributed by atoms with E-state index in [1.807, 2.05) is 0 Å². The molecule has 0 saturated heterocycles. The second kappa shape index (κ2) is 51.5. The highest BCUT2D eigenvalue weighted by molar-refractivity contribution is 7.47. The third-order valence-electron chi connectivity index (χ3n) is 14.5. The van der Waals surface area contributed by atoms with E-state index in [4.69, 9.17) is 37.0 Å². The third kappa shape index (κ3) is 52.8. The van der Waals surface area contributed by atoms with Crippen LogP contribution in [0.15, 0.2) is 0 Å². The highest BCUT2D eigenvalue weighted by Gasteiger charge is 2.30. The molecule has 17 nitrogen and oxygen atoms in total. The van der Waals surface area contributed by atoms with Crippen LogP contribution in [0.2, 0.25) is 0 Å². The molecule has 19 heteroatoms. The van der Waals surface area contributed by atoms with E-state index < -0.39 is 97.5 Å². The molecule has 0 saturated carbocycles. The molecule has 0 rings (SSSR count). The highest BCUT2D eigenvalue weighted by atomic mass is 31.2. The Bertz CT molecular complexity index is 1500. The van der Waals surface area contributed by atoms with Gasteiger partial charge in [-0.2, -0.15) is 0 Å². The van der Waals surface area contributed by atoms with Crippen LogP contribution in [0.1, 0.15) is 287 Å². The zero-order chi connectivity index (χ0) is 59.7. The van der Waals surface area contributed by atoms with Crippen molar-refractivity contribution in [2.75, 3.05) is 39.6 Å². The minimum absolute atomic E-state index is 0.102. The average Bonchev–Trinajstić information content (AvgIpc) is 3.41. The maximum atomic E-state index is 12.9. The molecule has 0 fully saturated rings. The van der Waals surface area contributed by atoms with Crippen LogP contribution in [0, 0.1) is 23.7 Å². The van der Waals surface area contributed by atoms with E-state index in [0.717, 1.165) is 115 Å². The molecule has 0 aromatic rings. The molecule has 0 heterocycles. The van der Waals surface area contributed by atoms with Crippen molar-refractivity contribution >= 4 is 39.5 Å². The van der Waals surface area contributed by atoms with Crippen LogP contribution < -0.4 is 0 Å². The van der Waals surface area contributed by atoms with E-state index in [1.54, 1.807) is 0 Å². The molecule has 474 valence electrons. The Morgan fingerprint density at radius 3 is 0.887 bits per heavy atom. The molecule has 0 bridgehead atoms. The minimum Gasteiger partial charge on any atom is -0.462 e. The van der Waals surface area contributed by atoms with Crippen LogP contribution in [-0.4, -0.2) is 96.7 Å². The van der Waals surface area contributed by atoms with Crippen molar-refractivity contribution in [3.05, 3.63) is 0 Å². The molecular formula is C61H118O17P2. The fourth-order valence-electron chi connectivity index (χ4n) is 8.83. The normalized spacial score (nSPS) is 15.2. The fraction of sp³-hybridized carbons (Fsp3) is 0.934. The monoisotopic (exact) mass is 1180 g/mol. The van der Waals surface area contributed by atoms with Crippen molar-refractivity contribution in [3.8, 4) is 0 Å². The zero-order valence-electron chi connectivity index (χ0n) is 51.7. The summed E-state index contributed by atoms with van der Waals surface area (Å²) >= 11 is 0. The van der Waals surface area contributed by atoms with Gasteiger partial charge in [-0.05, 0) is 49.4 Å². The van der Waals surface area contributed by atoms with E-state index >= 15 is 0 Å². The quantitative estimate of drug-likeness (QED) is 0.0222. The standard InChI is InChI=1S/C61H118O17P2/c1-9-53(7)39-31-23-17-19-25-33-41-58(63)71-47-56(77-60(65)43-35-27-15-11-13-21-29-37-51(3)4)49-75-79(67,68)73-45-55(62)46-74-80(69,70)76-50-57(78-61(66)44-36-28-16-12-14-22-30-38-52(5)6)48-72-59(64)42-34-26-20-18-24-32-40-54(8)10-2/h51-57,62H,9-50H2,1-8H3,(H,67,68)(H,69,70)/t53?,54?,55?,56-,57-/m1/s1. The van der Waals surface area contributed by atoms with E-state index in [2.05, 4.69) is 55.4 Å².